The number of carboxylic acid groups (broad SMARTS) is 1. The van der Waals surface area contributed by atoms with Gasteiger partial charge in [-0.1, -0.05) is 104 Å². The van der Waals surface area contributed by atoms with Gasteiger partial charge in [0, 0.05) is 13.0 Å². The molecule has 2 atom stereocenters. The average molecular weight is 605 g/mol. The lowest BCUT2D eigenvalue weighted by Crippen LogP contribution is -2.26. The summed E-state index contributed by atoms with van der Waals surface area (Å²) in [7, 11) is 0. The Morgan fingerprint density at radius 1 is 0.778 bits per heavy atom. The highest BCUT2D eigenvalue weighted by Gasteiger charge is 2.24. The molecule has 45 heavy (non-hydrogen) atoms. The summed E-state index contributed by atoms with van der Waals surface area (Å²) in [6, 6.07) is 31.6. The molecule has 5 nitrogen and oxygen atoms in total. The minimum absolute atomic E-state index is 0.209. The van der Waals surface area contributed by atoms with E-state index in [0.29, 0.717) is 26.2 Å². The molecule has 0 spiro atoms. The molecule has 0 amide bonds. The molecule has 0 saturated carbocycles. The lowest BCUT2D eigenvalue weighted by molar-refractivity contribution is -0.149. The second-order valence-corrected chi connectivity index (χ2v) is 11.5. The van der Waals surface area contributed by atoms with Crippen LogP contribution in [0.2, 0.25) is 0 Å². The molecule has 0 heterocycles. The van der Waals surface area contributed by atoms with Gasteiger partial charge in [-0.25, -0.2) is 4.79 Å². The van der Waals surface area contributed by atoms with Gasteiger partial charge in [0.25, 0.3) is 0 Å². The normalized spacial score (nSPS) is 14.3. The predicted molar refractivity (Wildman–Crippen MR) is 181 cm³/mol. The molecule has 0 bridgehead atoms. The lowest BCUT2D eigenvalue weighted by Gasteiger charge is -2.23. The number of benzene rings is 4. The molecular formula is C40H44O5. The van der Waals surface area contributed by atoms with Gasteiger partial charge in [0.2, 0.25) is 0 Å². The number of carbonyl (C=O) groups is 1. The maximum atomic E-state index is 11.4. The van der Waals surface area contributed by atoms with Gasteiger partial charge < -0.3 is 19.3 Å². The fourth-order valence-corrected chi connectivity index (χ4v) is 5.95. The van der Waals surface area contributed by atoms with Crippen LogP contribution < -0.4 is 4.74 Å². The van der Waals surface area contributed by atoms with E-state index in [4.69, 9.17) is 14.2 Å². The summed E-state index contributed by atoms with van der Waals surface area (Å²) >= 11 is 0. The molecule has 5 heteroatoms. The maximum absolute atomic E-state index is 11.4. The molecule has 234 valence electrons. The Balaban J connectivity index is 1.30. The van der Waals surface area contributed by atoms with E-state index in [1.54, 1.807) is 6.92 Å². The van der Waals surface area contributed by atoms with Gasteiger partial charge in [0.05, 0.1) is 6.61 Å². The minimum Gasteiger partial charge on any atom is -0.491 e. The van der Waals surface area contributed by atoms with Gasteiger partial charge >= 0.3 is 5.97 Å². The molecule has 1 aliphatic carbocycles. The molecule has 1 N–H and O–H groups in total. The topological polar surface area (TPSA) is 65.0 Å². The second-order valence-electron chi connectivity index (χ2n) is 11.5. The summed E-state index contributed by atoms with van der Waals surface area (Å²) in [6.07, 6.45) is 9.17. The molecule has 0 aromatic heterocycles. The van der Waals surface area contributed by atoms with Gasteiger partial charge in [-0.05, 0) is 89.2 Å². The van der Waals surface area contributed by atoms with Crippen molar-refractivity contribution in [2.75, 3.05) is 19.8 Å². The highest BCUT2D eigenvalue weighted by Crippen LogP contribution is 2.37. The summed E-state index contributed by atoms with van der Waals surface area (Å²) in [5, 5.41) is 9.38. The molecule has 5 rings (SSSR count). The van der Waals surface area contributed by atoms with E-state index in [0.717, 1.165) is 30.6 Å². The van der Waals surface area contributed by atoms with Crippen molar-refractivity contribution in [2.45, 2.75) is 64.6 Å². The van der Waals surface area contributed by atoms with Gasteiger partial charge in [0.15, 0.2) is 6.10 Å². The van der Waals surface area contributed by atoms with Crippen LogP contribution >= 0.6 is 0 Å². The molecule has 0 saturated heterocycles. The predicted octanol–water partition coefficient (Wildman–Crippen LogP) is 8.52. The Hall–Kier alpha value is -4.19. The van der Waals surface area contributed by atoms with Crippen molar-refractivity contribution in [3.05, 3.63) is 136 Å². The quantitative estimate of drug-likeness (QED) is 0.130. The molecule has 4 aromatic carbocycles. The van der Waals surface area contributed by atoms with Crippen LogP contribution in [0.4, 0.5) is 0 Å². The monoisotopic (exact) mass is 604 g/mol. The molecule has 4 aromatic rings. The van der Waals surface area contributed by atoms with Crippen LogP contribution in [0.3, 0.4) is 0 Å². The van der Waals surface area contributed by atoms with Crippen LogP contribution in [0.25, 0.3) is 12.2 Å². The fraction of sp³-hybridized carbons (Fsp3) is 0.325. The van der Waals surface area contributed by atoms with Crippen molar-refractivity contribution in [1.82, 2.24) is 0 Å². The Labute approximate surface area is 267 Å². The van der Waals surface area contributed by atoms with Crippen molar-refractivity contribution >= 4 is 18.1 Å². The Morgan fingerprint density at radius 2 is 1.58 bits per heavy atom. The van der Waals surface area contributed by atoms with Crippen molar-refractivity contribution < 1.29 is 24.1 Å². The molecule has 1 aliphatic rings. The number of aliphatic carboxylic acids is 1. The first kappa shape index (κ1) is 32.2. The summed E-state index contributed by atoms with van der Waals surface area (Å²) in [6.45, 7) is 5.21. The fourth-order valence-electron chi connectivity index (χ4n) is 5.95. The highest BCUT2D eigenvalue weighted by atomic mass is 16.5. The zero-order valence-corrected chi connectivity index (χ0v) is 26.4. The average Bonchev–Trinajstić information content (AvgIpc) is 3.22. The largest absolute Gasteiger partial charge is 0.491 e. The second kappa shape index (κ2) is 16.2. The van der Waals surface area contributed by atoms with Gasteiger partial charge in [-0.15, -0.1) is 0 Å². The zero-order valence-electron chi connectivity index (χ0n) is 26.4. The third-order valence-corrected chi connectivity index (χ3v) is 8.35. The highest BCUT2D eigenvalue weighted by molar-refractivity contribution is 5.78. The molecule has 0 radical (unpaired) electrons. The van der Waals surface area contributed by atoms with Crippen molar-refractivity contribution in [2.24, 2.45) is 0 Å². The number of unbranched alkanes of at least 4 members (excludes halogenated alkanes) is 1. The number of aryl methyl sites for hydroxylation is 3. The Bertz CT molecular complexity index is 1560. The van der Waals surface area contributed by atoms with E-state index >= 15 is 0 Å². The number of fused-ring (bicyclic) bond motifs is 2. The third-order valence-electron chi connectivity index (χ3n) is 8.35. The Kier molecular flexibility index (Phi) is 11.6. The maximum Gasteiger partial charge on any atom is 0.333 e. The van der Waals surface area contributed by atoms with Gasteiger partial charge in [0.1, 0.15) is 18.5 Å². The number of hydrogen-bond donors (Lipinski definition) is 1. The van der Waals surface area contributed by atoms with E-state index in [-0.39, 0.29) is 6.10 Å². The van der Waals surface area contributed by atoms with Crippen molar-refractivity contribution in [3.8, 4) is 5.75 Å². The first-order valence-corrected chi connectivity index (χ1v) is 16.2. The molecule has 0 fully saturated rings. The minimum atomic E-state index is -0.952. The van der Waals surface area contributed by atoms with Crippen molar-refractivity contribution in [1.29, 1.82) is 0 Å². The molecule has 0 aliphatic heterocycles. The first-order valence-electron chi connectivity index (χ1n) is 16.2. The van der Waals surface area contributed by atoms with Crippen LogP contribution in [-0.2, 0) is 40.0 Å². The van der Waals surface area contributed by atoms with Crippen molar-refractivity contribution in [3.63, 3.8) is 0 Å². The number of hydrogen-bond acceptors (Lipinski definition) is 4. The van der Waals surface area contributed by atoms with Gasteiger partial charge in [-0.3, -0.25) is 0 Å². The van der Waals surface area contributed by atoms with Crippen LogP contribution in [-0.4, -0.2) is 37.0 Å². The standard InChI is InChI=1S/C40H44O5/c1-3-5-10-30-18-23-36-33(27-30)20-24-35-32(19-15-29-11-7-6-8-12-29)13-9-14-37(35)39(36)45-26-25-44-34-21-16-31(17-22-34)28-38(40(41)42)43-4-2/h6-9,11-14,16-18,20-24,27,38-39H,3-5,10,15,19,25-26,28H2,1-2H3,(H,41,42). The summed E-state index contributed by atoms with van der Waals surface area (Å²) < 4.78 is 18.1. The summed E-state index contributed by atoms with van der Waals surface area (Å²) in [4.78, 5) is 11.4. The number of ether oxygens (including phenoxy) is 3. The van der Waals surface area contributed by atoms with Crippen LogP contribution in [0.1, 0.15) is 77.3 Å². The Morgan fingerprint density at radius 3 is 2.33 bits per heavy atom. The third kappa shape index (κ3) is 8.72. The van der Waals surface area contributed by atoms with E-state index < -0.39 is 12.1 Å². The van der Waals surface area contributed by atoms with E-state index in [2.05, 4.69) is 85.8 Å². The van der Waals surface area contributed by atoms with Crippen LogP contribution in [0, 0.1) is 0 Å². The smallest absolute Gasteiger partial charge is 0.333 e. The first-order chi connectivity index (χ1) is 22.1. The summed E-state index contributed by atoms with van der Waals surface area (Å²) in [5.41, 5.74) is 9.73. The van der Waals surface area contributed by atoms with Gasteiger partial charge in [-0.2, -0.15) is 0 Å². The molecule has 2 unspecified atom stereocenters. The van der Waals surface area contributed by atoms with E-state index in [1.165, 1.54) is 51.8 Å². The zero-order chi connectivity index (χ0) is 31.4. The molecular weight excluding hydrogens is 560 g/mol. The lowest BCUT2D eigenvalue weighted by atomic mass is 9.91. The summed E-state index contributed by atoms with van der Waals surface area (Å²) in [5.74, 6) is -0.232. The van der Waals surface area contributed by atoms with E-state index in [9.17, 15) is 9.90 Å². The van der Waals surface area contributed by atoms with Crippen LogP contribution in [0.15, 0.2) is 91.0 Å². The number of rotatable bonds is 16. The van der Waals surface area contributed by atoms with Crippen LogP contribution in [0.5, 0.6) is 5.75 Å². The number of carboxylic acids is 1. The van der Waals surface area contributed by atoms with E-state index in [1.807, 2.05) is 24.3 Å². The SMILES string of the molecule is CCCCc1ccc2c(c1)C=Cc1c(CCc3ccccc3)cccc1C2OCCOc1ccc(CC(OCC)C(=O)O)cc1.